The summed E-state index contributed by atoms with van der Waals surface area (Å²) in [4.78, 5) is 11.7. The van der Waals surface area contributed by atoms with Crippen molar-refractivity contribution in [3.8, 4) is 0 Å². The van der Waals surface area contributed by atoms with Gasteiger partial charge in [0.05, 0.1) is 19.3 Å². The van der Waals surface area contributed by atoms with Crippen molar-refractivity contribution in [2.45, 2.75) is 46.2 Å². The largest absolute Gasteiger partial charge is 0.357 e. The maximum Gasteiger partial charge on any atom is 0.191 e. The average Bonchev–Trinajstić information content (AvgIpc) is 3.08. The van der Waals surface area contributed by atoms with E-state index >= 15 is 0 Å². The summed E-state index contributed by atoms with van der Waals surface area (Å²) in [5.41, 5.74) is 2.25. The molecule has 27 heavy (non-hydrogen) atoms. The number of guanidine groups is 1. The van der Waals surface area contributed by atoms with Gasteiger partial charge in [0, 0.05) is 37.6 Å². The molecule has 0 spiro atoms. The molecule has 0 amide bonds. The number of hydrogen-bond donors (Lipinski definition) is 2. The minimum Gasteiger partial charge on any atom is -0.357 e. The van der Waals surface area contributed by atoms with Gasteiger partial charge in [0.1, 0.15) is 5.82 Å². The van der Waals surface area contributed by atoms with Crippen LogP contribution in [0.25, 0.3) is 0 Å². The molecule has 0 radical (unpaired) electrons. The van der Waals surface area contributed by atoms with Crippen molar-refractivity contribution in [3.05, 3.63) is 41.9 Å². The maximum absolute atomic E-state index is 4.71. The van der Waals surface area contributed by atoms with Crippen molar-refractivity contribution in [1.82, 2.24) is 25.4 Å². The Hall–Kier alpha value is -2.57. The summed E-state index contributed by atoms with van der Waals surface area (Å²) in [5.74, 6) is 1.98. The second-order valence-electron chi connectivity index (χ2n) is 7.08. The van der Waals surface area contributed by atoms with E-state index in [1.165, 1.54) is 5.56 Å². The molecule has 1 aliphatic rings. The van der Waals surface area contributed by atoms with Gasteiger partial charge in [-0.25, -0.2) is 4.98 Å². The van der Waals surface area contributed by atoms with Crippen molar-refractivity contribution < 1.29 is 0 Å². The predicted octanol–water partition coefficient (Wildman–Crippen LogP) is 2.12. The van der Waals surface area contributed by atoms with Gasteiger partial charge in [-0.05, 0) is 51.3 Å². The molecule has 0 bridgehead atoms. The number of nitrogens with zero attached hydrogens (tertiary/aromatic N) is 5. The topological polar surface area (TPSA) is 70.4 Å². The third kappa shape index (κ3) is 5.70. The van der Waals surface area contributed by atoms with E-state index in [1.54, 1.807) is 0 Å². The van der Waals surface area contributed by atoms with Gasteiger partial charge in [-0.15, -0.1) is 0 Å². The van der Waals surface area contributed by atoms with Gasteiger partial charge < -0.3 is 15.5 Å². The van der Waals surface area contributed by atoms with Crippen molar-refractivity contribution in [2.75, 3.05) is 31.1 Å². The minimum absolute atomic E-state index is 0.441. The third-order valence-corrected chi connectivity index (χ3v) is 4.74. The lowest BCUT2D eigenvalue weighted by Gasteiger charge is -2.34. The molecule has 1 aliphatic heterocycles. The highest BCUT2D eigenvalue weighted by Gasteiger charge is 2.20. The van der Waals surface area contributed by atoms with Crippen molar-refractivity contribution in [3.63, 3.8) is 0 Å². The monoisotopic (exact) mass is 369 g/mol. The maximum atomic E-state index is 4.71. The second-order valence-corrected chi connectivity index (χ2v) is 7.08. The summed E-state index contributed by atoms with van der Waals surface area (Å²) < 4.78 is 1.94. The molecule has 1 fully saturated rings. The van der Waals surface area contributed by atoms with Gasteiger partial charge in [-0.1, -0.05) is 6.07 Å². The van der Waals surface area contributed by atoms with Gasteiger partial charge in [-0.3, -0.25) is 9.67 Å². The van der Waals surface area contributed by atoms with Crippen molar-refractivity contribution in [1.29, 1.82) is 0 Å². The second kappa shape index (κ2) is 9.39. The lowest BCUT2D eigenvalue weighted by atomic mass is 10.1. The van der Waals surface area contributed by atoms with Crippen LogP contribution in [0.4, 0.5) is 5.82 Å². The number of nitrogens with one attached hydrogen (secondary N) is 2. The SMILES string of the molecule is CCNC(=NCCn1cc(C)cn1)NC1CCN(c2cccc(C)n2)CC1. The third-order valence-electron chi connectivity index (χ3n) is 4.74. The molecular formula is C20H31N7. The van der Waals surface area contributed by atoms with Gasteiger partial charge >= 0.3 is 0 Å². The molecule has 7 heteroatoms. The molecule has 1 saturated heterocycles. The number of aryl methyl sites for hydroxylation is 2. The fourth-order valence-electron chi connectivity index (χ4n) is 3.32. The highest BCUT2D eigenvalue weighted by Crippen LogP contribution is 2.18. The quantitative estimate of drug-likeness (QED) is 0.603. The van der Waals surface area contributed by atoms with Crippen LogP contribution in [0.2, 0.25) is 0 Å². The summed E-state index contributed by atoms with van der Waals surface area (Å²) in [7, 11) is 0. The van der Waals surface area contributed by atoms with Gasteiger partial charge in [0.2, 0.25) is 0 Å². The van der Waals surface area contributed by atoms with Crippen LogP contribution >= 0.6 is 0 Å². The van der Waals surface area contributed by atoms with Crippen molar-refractivity contribution >= 4 is 11.8 Å². The lowest BCUT2D eigenvalue weighted by molar-refractivity contribution is 0.459. The standard InChI is InChI=1S/C20H31N7/c1-4-21-20(22-10-13-27-15-16(2)14-23-27)25-18-8-11-26(12-9-18)19-7-5-6-17(3)24-19/h5-7,14-15,18H,4,8-13H2,1-3H3,(H2,21,22,25). The van der Waals surface area contributed by atoms with Crippen LogP contribution in [0.1, 0.15) is 31.0 Å². The molecule has 146 valence electrons. The molecule has 0 aliphatic carbocycles. The summed E-state index contributed by atoms with van der Waals surface area (Å²) in [6.45, 7) is 10.6. The molecule has 3 heterocycles. The van der Waals surface area contributed by atoms with Gasteiger partial charge in [0.15, 0.2) is 5.96 Å². The Bertz CT molecular complexity index is 744. The summed E-state index contributed by atoms with van der Waals surface area (Å²) in [6.07, 6.45) is 6.09. The number of aliphatic imine (C=N–C) groups is 1. The van der Waals surface area contributed by atoms with Gasteiger partial charge in [0.25, 0.3) is 0 Å². The van der Waals surface area contributed by atoms with Crippen LogP contribution in [-0.4, -0.2) is 52.9 Å². The van der Waals surface area contributed by atoms with E-state index in [0.29, 0.717) is 12.6 Å². The molecule has 0 unspecified atom stereocenters. The molecule has 2 aromatic rings. The van der Waals surface area contributed by atoms with E-state index in [9.17, 15) is 0 Å². The number of hydrogen-bond acceptors (Lipinski definition) is 4. The Kier molecular flexibility index (Phi) is 6.68. The van der Waals surface area contributed by atoms with E-state index in [2.05, 4.69) is 51.6 Å². The Balaban J connectivity index is 1.49. The summed E-state index contributed by atoms with van der Waals surface area (Å²) >= 11 is 0. The summed E-state index contributed by atoms with van der Waals surface area (Å²) in [5, 5.41) is 11.3. The van der Waals surface area contributed by atoms with Crippen LogP contribution in [0.3, 0.4) is 0 Å². The van der Waals surface area contributed by atoms with Crippen LogP contribution in [0.15, 0.2) is 35.6 Å². The molecule has 7 nitrogen and oxygen atoms in total. The smallest absolute Gasteiger partial charge is 0.191 e. The molecular weight excluding hydrogens is 338 g/mol. The first-order chi connectivity index (χ1) is 13.1. The zero-order chi connectivity index (χ0) is 19.1. The number of pyridine rings is 1. The minimum atomic E-state index is 0.441. The Morgan fingerprint density at radius 2 is 2.07 bits per heavy atom. The van der Waals surface area contributed by atoms with Crippen LogP contribution < -0.4 is 15.5 Å². The highest BCUT2D eigenvalue weighted by atomic mass is 15.3. The Morgan fingerprint density at radius 1 is 1.26 bits per heavy atom. The fraction of sp³-hybridized carbons (Fsp3) is 0.550. The summed E-state index contributed by atoms with van der Waals surface area (Å²) in [6, 6.07) is 6.67. The van der Waals surface area contributed by atoms with E-state index in [1.807, 2.05) is 30.1 Å². The molecule has 0 saturated carbocycles. The van der Waals surface area contributed by atoms with Crippen LogP contribution in [0.5, 0.6) is 0 Å². The van der Waals surface area contributed by atoms with E-state index < -0.39 is 0 Å². The van der Waals surface area contributed by atoms with E-state index in [-0.39, 0.29) is 0 Å². The van der Waals surface area contributed by atoms with Crippen LogP contribution in [0, 0.1) is 13.8 Å². The highest BCUT2D eigenvalue weighted by molar-refractivity contribution is 5.80. The number of piperidine rings is 1. The predicted molar refractivity (Wildman–Crippen MR) is 110 cm³/mol. The lowest BCUT2D eigenvalue weighted by Crippen LogP contribution is -2.49. The molecule has 2 aromatic heterocycles. The van der Waals surface area contributed by atoms with Crippen LogP contribution in [-0.2, 0) is 6.54 Å². The fourth-order valence-corrected chi connectivity index (χ4v) is 3.32. The first-order valence-corrected chi connectivity index (χ1v) is 9.86. The number of anilines is 1. The van der Waals surface area contributed by atoms with Gasteiger partial charge in [-0.2, -0.15) is 5.10 Å². The molecule has 2 N–H and O–H groups in total. The first-order valence-electron chi connectivity index (χ1n) is 9.86. The zero-order valence-corrected chi connectivity index (χ0v) is 16.6. The number of rotatable bonds is 6. The normalized spacial score (nSPS) is 15.8. The van der Waals surface area contributed by atoms with Crippen molar-refractivity contribution in [2.24, 2.45) is 4.99 Å². The number of aromatic nitrogens is 3. The average molecular weight is 370 g/mol. The first kappa shape index (κ1) is 19.2. The Morgan fingerprint density at radius 3 is 2.74 bits per heavy atom. The molecule has 0 aromatic carbocycles. The Labute approximate surface area is 161 Å². The van der Waals surface area contributed by atoms with E-state index in [4.69, 9.17) is 4.99 Å². The van der Waals surface area contributed by atoms with E-state index in [0.717, 1.165) is 56.5 Å². The molecule has 3 rings (SSSR count). The zero-order valence-electron chi connectivity index (χ0n) is 16.6. The molecule has 0 atom stereocenters.